The maximum absolute atomic E-state index is 11.0. The molecule has 3 heterocycles. The summed E-state index contributed by atoms with van der Waals surface area (Å²) in [7, 11) is 0.857. The zero-order valence-corrected chi connectivity index (χ0v) is 13.1. The molecule has 0 spiro atoms. The number of hydrogen-bond donors (Lipinski definition) is 1. The standard InChI is InChI=1S/C16H21BN2O2/c1-9-5-7-14-13(6-8-15(20)21)16-11(3)10(2)12(4)19(16)17-18(9)14/h5,7,12,17H,6,8H2,1-4H3,(H,20,21). The van der Waals surface area contributed by atoms with Gasteiger partial charge in [0.1, 0.15) is 0 Å². The summed E-state index contributed by atoms with van der Waals surface area (Å²) in [4.78, 5) is 13.4. The molecular formula is C16H21BN2O2. The third-order valence-corrected chi connectivity index (χ3v) is 5.00. The van der Waals surface area contributed by atoms with E-state index in [1.165, 1.54) is 33.8 Å². The van der Waals surface area contributed by atoms with Gasteiger partial charge in [0.25, 0.3) is 0 Å². The van der Waals surface area contributed by atoms with Crippen molar-refractivity contribution in [1.29, 1.82) is 0 Å². The quantitative estimate of drug-likeness (QED) is 0.868. The Labute approximate surface area is 126 Å². The van der Waals surface area contributed by atoms with Gasteiger partial charge in [0, 0.05) is 29.5 Å². The van der Waals surface area contributed by atoms with Crippen molar-refractivity contribution in [3.63, 3.8) is 0 Å². The highest BCUT2D eigenvalue weighted by Gasteiger charge is 2.36. The van der Waals surface area contributed by atoms with E-state index in [0.29, 0.717) is 12.5 Å². The van der Waals surface area contributed by atoms with Crippen LogP contribution in [0.2, 0.25) is 0 Å². The van der Waals surface area contributed by atoms with Gasteiger partial charge in [0.2, 0.25) is 0 Å². The Balaban J connectivity index is 2.15. The first kappa shape index (κ1) is 14.0. The van der Waals surface area contributed by atoms with Crippen LogP contribution in [0.15, 0.2) is 29.0 Å². The van der Waals surface area contributed by atoms with Crippen molar-refractivity contribution < 1.29 is 9.90 Å². The summed E-state index contributed by atoms with van der Waals surface area (Å²) in [6, 6.07) is 4.63. The molecule has 1 atom stereocenters. The number of allylic oxidation sites excluding steroid dienone is 2. The zero-order chi connectivity index (χ0) is 15.3. The van der Waals surface area contributed by atoms with Gasteiger partial charge < -0.3 is 14.4 Å². The van der Waals surface area contributed by atoms with Crippen molar-refractivity contribution in [3.05, 3.63) is 40.4 Å². The van der Waals surface area contributed by atoms with E-state index in [1.54, 1.807) is 0 Å². The van der Waals surface area contributed by atoms with Crippen LogP contribution in [0.5, 0.6) is 0 Å². The molecule has 0 aromatic carbocycles. The molecular weight excluding hydrogens is 263 g/mol. The summed E-state index contributed by atoms with van der Waals surface area (Å²) in [6.07, 6.45) is 0.763. The van der Waals surface area contributed by atoms with Gasteiger partial charge in [-0.05, 0) is 63.0 Å². The van der Waals surface area contributed by atoms with Crippen LogP contribution < -0.4 is 0 Å². The van der Waals surface area contributed by atoms with E-state index < -0.39 is 5.97 Å². The van der Waals surface area contributed by atoms with Crippen molar-refractivity contribution in [2.45, 2.75) is 46.6 Å². The minimum Gasteiger partial charge on any atom is -0.481 e. The van der Waals surface area contributed by atoms with E-state index in [4.69, 9.17) is 5.11 Å². The van der Waals surface area contributed by atoms with E-state index in [1.807, 2.05) is 0 Å². The molecule has 1 N–H and O–H groups in total. The number of hydrogen-bond acceptors (Lipinski definition) is 2. The first-order valence-electron chi connectivity index (χ1n) is 7.47. The molecule has 0 aliphatic carbocycles. The van der Waals surface area contributed by atoms with Crippen molar-refractivity contribution in [2.75, 3.05) is 0 Å². The molecule has 1 aromatic rings. The number of aliphatic carboxylic acids is 1. The number of carbonyl (C=O) groups is 1. The lowest BCUT2D eigenvalue weighted by Crippen LogP contribution is -2.40. The Morgan fingerprint density at radius 3 is 2.71 bits per heavy atom. The average Bonchev–Trinajstić information content (AvgIpc) is 2.91. The molecule has 21 heavy (non-hydrogen) atoms. The normalized spacial score (nSPS) is 20.6. The number of nitrogens with zero attached hydrogens (tertiary/aromatic N) is 2. The molecule has 0 saturated heterocycles. The van der Waals surface area contributed by atoms with Crippen LogP contribution in [0.25, 0.3) is 5.57 Å². The number of aryl methyl sites for hydroxylation is 1. The molecule has 0 amide bonds. The fourth-order valence-electron chi connectivity index (χ4n) is 3.51. The predicted molar refractivity (Wildman–Crippen MR) is 85.2 cm³/mol. The summed E-state index contributed by atoms with van der Waals surface area (Å²) in [5.41, 5.74) is 7.55. The van der Waals surface area contributed by atoms with Crippen molar-refractivity contribution >= 4 is 19.1 Å². The SMILES string of the molecule is CC1=C(C)C(C)N2Bn3c(C)ccc3C(CCC(=O)O)=C12. The average molecular weight is 284 g/mol. The molecule has 4 nitrogen and oxygen atoms in total. The van der Waals surface area contributed by atoms with Crippen LogP contribution in [0, 0.1) is 6.92 Å². The third-order valence-electron chi connectivity index (χ3n) is 5.00. The Bertz CT molecular complexity index is 684. The van der Waals surface area contributed by atoms with Crippen LogP contribution in [0.3, 0.4) is 0 Å². The summed E-state index contributed by atoms with van der Waals surface area (Å²) >= 11 is 0. The van der Waals surface area contributed by atoms with Gasteiger partial charge in [-0.1, -0.05) is 0 Å². The molecule has 1 unspecified atom stereocenters. The smallest absolute Gasteiger partial charge is 0.361 e. The highest BCUT2D eigenvalue weighted by atomic mass is 16.4. The summed E-state index contributed by atoms with van der Waals surface area (Å²) < 4.78 is 2.29. The lowest BCUT2D eigenvalue weighted by Gasteiger charge is -2.34. The molecule has 3 rings (SSSR count). The van der Waals surface area contributed by atoms with Gasteiger partial charge in [-0.15, -0.1) is 0 Å². The number of rotatable bonds is 3. The van der Waals surface area contributed by atoms with E-state index in [-0.39, 0.29) is 6.42 Å². The number of fused-ring (bicyclic) bond motifs is 2. The molecule has 0 saturated carbocycles. The second kappa shape index (κ2) is 4.83. The molecule has 0 bridgehead atoms. The lowest BCUT2D eigenvalue weighted by atomic mass is 9.91. The maximum atomic E-state index is 11.0. The highest BCUT2D eigenvalue weighted by Crippen LogP contribution is 2.41. The van der Waals surface area contributed by atoms with Gasteiger partial charge in [-0.3, -0.25) is 4.79 Å². The molecule has 2 aliphatic rings. The van der Waals surface area contributed by atoms with Gasteiger partial charge in [-0.25, -0.2) is 0 Å². The summed E-state index contributed by atoms with van der Waals surface area (Å²) in [5, 5.41) is 9.05. The lowest BCUT2D eigenvalue weighted by molar-refractivity contribution is -0.136. The highest BCUT2D eigenvalue weighted by molar-refractivity contribution is 6.34. The first-order chi connectivity index (χ1) is 9.91. The Hall–Kier alpha value is -1.91. The molecule has 1 aromatic heterocycles. The second-order valence-electron chi connectivity index (χ2n) is 6.10. The monoisotopic (exact) mass is 284 g/mol. The molecule has 0 fully saturated rings. The summed E-state index contributed by atoms with van der Waals surface area (Å²) in [5.74, 6) is -0.737. The van der Waals surface area contributed by atoms with Crippen LogP contribution in [-0.2, 0) is 4.79 Å². The summed E-state index contributed by atoms with van der Waals surface area (Å²) in [6.45, 7) is 8.68. The van der Waals surface area contributed by atoms with Crippen LogP contribution in [0.1, 0.15) is 45.0 Å². The first-order valence-corrected chi connectivity index (χ1v) is 7.47. The van der Waals surface area contributed by atoms with Gasteiger partial charge >= 0.3 is 13.5 Å². The largest absolute Gasteiger partial charge is 0.481 e. The van der Waals surface area contributed by atoms with Crippen molar-refractivity contribution in [3.8, 4) is 0 Å². The molecule has 0 radical (unpaired) electrons. The van der Waals surface area contributed by atoms with E-state index >= 15 is 0 Å². The van der Waals surface area contributed by atoms with E-state index in [2.05, 4.69) is 49.1 Å². The number of carboxylic acid groups (broad SMARTS) is 1. The van der Waals surface area contributed by atoms with E-state index in [0.717, 1.165) is 7.55 Å². The van der Waals surface area contributed by atoms with Gasteiger partial charge in [0.15, 0.2) is 0 Å². The van der Waals surface area contributed by atoms with Gasteiger partial charge in [-0.2, -0.15) is 0 Å². The minimum atomic E-state index is -0.737. The van der Waals surface area contributed by atoms with Crippen molar-refractivity contribution in [2.24, 2.45) is 0 Å². The molecule has 110 valence electrons. The fraction of sp³-hybridized carbons (Fsp3) is 0.438. The topological polar surface area (TPSA) is 45.5 Å². The van der Waals surface area contributed by atoms with Crippen molar-refractivity contribution in [1.82, 2.24) is 9.29 Å². The molecule has 5 heteroatoms. The van der Waals surface area contributed by atoms with Crippen LogP contribution in [-0.4, -0.2) is 34.0 Å². The van der Waals surface area contributed by atoms with Gasteiger partial charge in [0.05, 0.1) is 0 Å². The van der Waals surface area contributed by atoms with Crippen LogP contribution >= 0.6 is 0 Å². The Kier molecular flexibility index (Phi) is 3.23. The Morgan fingerprint density at radius 2 is 2.05 bits per heavy atom. The van der Waals surface area contributed by atoms with Crippen LogP contribution in [0.4, 0.5) is 0 Å². The third kappa shape index (κ3) is 2.03. The Morgan fingerprint density at radius 1 is 1.33 bits per heavy atom. The van der Waals surface area contributed by atoms with E-state index in [9.17, 15) is 4.79 Å². The minimum absolute atomic E-state index is 0.178. The second-order valence-corrected chi connectivity index (χ2v) is 6.10. The predicted octanol–water partition coefficient (Wildman–Crippen LogP) is 2.54. The fourth-order valence-corrected chi connectivity index (χ4v) is 3.51. The molecule has 2 aliphatic heterocycles. The number of aromatic nitrogens is 1. The zero-order valence-electron chi connectivity index (χ0n) is 13.1. The number of carboxylic acids is 1. The maximum Gasteiger partial charge on any atom is 0.361 e.